The summed E-state index contributed by atoms with van der Waals surface area (Å²) in [7, 11) is 0. The average molecular weight is 228 g/mol. The summed E-state index contributed by atoms with van der Waals surface area (Å²) in [4.78, 5) is 0. The van der Waals surface area contributed by atoms with Crippen LogP contribution in [0.15, 0.2) is 24.4 Å². The van der Waals surface area contributed by atoms with Gasteiger partial charge in [0, 0.05) is 30.2 Å². The Bertz CT molecular complexity index is 537. The summed E-state index contributed by atoms with van der Waals surface area (Å²) in [5.74, 6) is 0.697. The lowest BCUT2D eigenvalue weighted by Crippen LogP contribution is -2.14. The van der Waals surface area contributed by atoms with Gasteiger partial charge >= 0.3 is 0 Å². The molecule has 1 aliphatic rings. The van der Waals surface area contributed by atoms with Gasteiger partial charge in [-0.2, -0.15) is 0 Å². The summed E-state index contributed by atoms with van der Waals surface area (Å²) in [5.41, 5.74) is 4.38. The van der Waals surface area contributed by atoms with Crippen LogP contribution in [-0.4, -0.2) is 11.1 Å². The molecule has 1 aromatic heterocycles. The Balaban J connectivity index is 2.20. The number of nitrogens with zero attached hydrogens (tertiary/aromatic N) is 1. The molecule has 1 aromatic carbocycles. The molecular weight excluding hydrogens is 208 g/mol. The van der Waals surface area contributed by atoms with Gasteiger partial charge in [0.1, 0.15) is 0 Å². The first kappa shape index (κ1) is 10.8. The second-order valence-electron chi connectivity index (χ2n) is 5.44. The highest BCUT2D eigenvalue weighted by molar-refractivity contribution is 5.87. The van der Waals surface area contributed by atoms with Crippen LogP contribution in [0.4, 0.5) is 0 Å². The van der Waals surface area contributed by atoms with Crippen molar-refractivity contribution in [3.8, 4) is 0 Å². The fourth-order valence-corrected chi connectivity index (χ4v) is 2.85. The first-order valence-corrected chi connectivity index (χ1v) is 6.56. The summed E-state index contributed by atoms with van der Waals surface area (Å²) in [6.07, 6.45) is 3.51. The van der Waals surface area contributed by atoms with Crippen LogP contribution in [0, 0.1) is 5.92 Å². The van der Waals surface area contributed by atoms with Gasteiger partial charge < -0.3 is 9.88 Å². The van der Waals surface area contributed by atoms with E-state index in [1.54, 1.807) is 0 Å². The van der Waals surface area contributed by atoms with Gasteiger partial charge in [-0.3, -0.25) is 0 Å². The molecule has 90 valence electrons. The minimum atomic E-state index is 0.697. The molecule has 17 heavy (non-hydrogen) atoms. The van der Waals surface area contributed by atoms with Crippen LogP contribution in [0.2, 0.25) is 0 Å². The number of nitrogens with one attached hydrogen (secondary N) is 1. The fourth-order valence-electron chi connectivity index (χ4n) is 2.85. The summed E-state index contributed by atoms with van der Waals surface area (Å²) in [6.45, 7) is 7.78. The molecule has 0 spiro atoms. The Morgan fingerprint density at radius 3 is 3.00 bits per heavy atom. The molecule has 0 fully saturated rings. The van der Waals surface area contributed by atoms with Gasteiger partial charge in [0.05, 0.1) is 0 Å². The molecule has 3 rings (SSSR count). The monoisotopic (exact) mass is 228 g/mol. The zero-order valence-electron chi connectivity index (χ0n) is 10.7. The largest absolute Gasteiger partial charge is 0.347 e. The zero-order valence-corrected chi connectivity index (χ0v) is 10.7. The maximum atomic E-state index is 3.49. The number of benzene rings is 1. The van der Waals surface area contributed by atoms with Crippen LogP contribution in [0.3, 0.4) is 0 Å². The van der Waals surface area contributed by atoms with Crippen molar-refractivity contribution in [1.29, 1.82) is 0 Å². The van der Waals surface area contributed by atoms with Gasteiger partial charge in [-0.15, -0.1) is 0 Å². The van der Waals surface area contributed by atoms with E-state index in [1.807, 2.05) is 0 Å². The quantitative estimate of drug-likeness (QED) is 0.836. The molecule has 0 bridgehead atoms. The van der Waals surface area contributed by atoms with Gasteiger partial charge in [-0.1, -0.05) is 26.0 Å². The third-order valence-corrected chi connectivity index (χ3v) is 3.52. The van der Waals surface area contributed by atoms with Crippen molar-refractivity contribution in [3.05, 3.63) is 35.5 Å². The van der Waals surface area contributed by atoms with Crippen LogP contribution < -0.4 is 5.32 Å². The van der Waals surface area contributed by atoms with E-state index >= 15 is 0 Å². The normalized spacial score (nSPS) is 15.5. The van der Waals surface area contributed by atoms with Crippen molar-refractivity contribution in [1.82, 2.24) is 9.88 Å². The van der Waals surface area contributed by atoms with E-state index in [-0.39, 0.29) is 0 Å². The van der Waals surface area contributed by atoms with Crippen molar-refractivity contribution in [2.75, 3.05) is 6.54 Å². The summed E-state index contributed by atoms with van der Waals surface area (Å²) in [6, 6.07) is 6.70. The Hall–Kier alpha value is -1.28. The Labute approximate surface area is 103 Å². The number of hydrogen-bond donors (Lipinski definition) is 1. The van der Waals surface area contributed by atoms with Crippen LogP contribution in [0.1, 0.15) is 25.0 Å². The van der Waals surface area contributed by atoms with Crippen molar-refractivity contribution in [2.45, 2.75) is 33.4 Å². The zero-order chi connectivity index (χ0) is 11.8. The van der Waals surface area contributed by atoms with E-state index < -0.39 is 0 Å². The predicted molar refractivity (Wildman–Crippen MR) is 72.2 cm³/mol. The van der Waals surface area contributed by atoms with Crippen molar-refractivity contribution < 1.29 is 0 Å². The molecule has 2 heterocycles. The smallest absolute Gasteiger partial charge is 0.0486 e. The topological polar surface area (TPSA) is 17.0 Å². The molecule has 2 nitrogen and oxygen atoms in total. The summed E-state index contributed by atoms with van der Waals surface area (Å²) in [5, 5.41) is 4.99. The number of rotatable bonds is 2. The molecule has 0 aliphatic carbocycles. The van der Waals surface area contributed by atoms with Gasteiger partial charge in [-0.05, 0) is 36.1 Å². The molecule has 2 aromatic rings. The molecule has 0 amide bonds. The van der Waals surface area contributed by atoms with Crippen molar-refractivity contribution >= 4 is 10.9 Å². The maximum absolute atomic E-state index is 3.49. The summed E-state index contributed by atoms with van der Waals surface area (Å²) < 4.78 is 2.43. The number of aromatic nitrogens is 1. The Morgan fingerprint density at radius 1 is 1.29 bits per heavy atom. The maximum Gasteiger partial charge on any atom is 0.0486 e. The third kappa shape index (κ3) is 1.87. The molecule has 0 saturated carbocycles. The van der Waals surface area contributed by atoms with Crippen molar-refractivity contribution in [2.24, 2.45) is 5.92 Å². The molecular formula is C15H20N2. The third-order valence-electron chi connectivity index (χ3n) is 3.52. The standard InChI is InChI=1S/C15H20N2/c1-11(2)9-17-10-13-6-7-16-8-12-4-3-5-14(17)15(12)13/h3-5,10-11,16H,6-9H2,1-2H3. The minimum absolute atomic E-state index is 0.697. The average Bonchev–Trinajstić information content (AvgIpc) is 2.51. The lowest BCUT2D eigenvalue weighted by molar-refractivity contribution is 0.534. The molecule has 1 aliphatic heterocycles. The second-order valence-corrected chi connectivity index (χ2v) is 5.44. The van der Waals surface area contributed by atoms with E-state index in [2.05, 4.69) is 48.1 Å². The lowest BCUT2D eigenvalue weighted by Gasteiger charge is -2.09. The highest BCUT2D eigenvalue weighted by atomic mass is 15.0. The minimum Gasteiger partial charge on any atom is -0.347 e. The Kier molecular flexibility index (Phi) is 2.67. The van der Waals surface area contributed by atoms with E-state index in [4.69, 9.17) is 0 Å². The molecule has 0 atom stereocenters. The highest BCUT2D eigenvalue weighted by Gasteiger charge is 2.14. The molecule has 2 heteroatoms. The van der Waals surface area contributed by atoms with Crippen LogP contribution in [-0.2, 0) is 19.5 Å². The fraction of sp³-hybridized carbons (Fsp3) is 0.467. The molecule has 0 unspecified atom stereocenters. The Morgan fingerprint density at radius 2 is 2.18 bits per heavy atom. The number of hydrogen-bond acceptors (Lipinski definition) is 1. The van der Waals surface area contributed by atoms with Crippen molar-refractivity contribution in [3.63, 3.8) is 0 Å². The first-order valence-electron chi connectivity index (χ1n) is 6.56. The predicted octanol–water partition coefficient (Wildman–Crippen LogP) is 2.94. The first-order chi connectivity index (χ1) is 8.25. The van der Waals surface area contributed by atoms with Crippen LogP contribution in [0.25, 0.3) is 10.9 Å². The van der Waals surface area contributed by atoms with Gasteiger partial charge in [-0.25, -0.2) is 0 Å². The van der Waals surface area contributed by atoms with E-state index in [0.717, 1.165) is 26.1 Å². The van der Waals surface area contributed by atoms with Gasteiger partial charge in [0.25, 0.3) is 0 Å². The summed E-state index contributed by atoms with van der Waals surface area (Å²) >= 11 is 0. The molecule has 1 N–H and O–H groups in total. The molecule has 0 saturated heterocycles. The lowest BCUT2D eigenvalue weighted by atomic mass is 10.1. The highest BCUT2D eigenvalue weighted by Crippen LogP contribution is 2.27. The second kappa shape index (κ2) is 4.19. The van der Waals surface area contributed by atoms with E-state index in [9.17, 15) is 0 Å². The van der Waals surface area contributed by atoms with Gasteiger partial charge in [0.2, 0.25) is 0 Å². The SMILES string of the molecule is CC(C)Cn1cc2c3c(cccc31)CNCC2. The van der Waals surface area contributed by atoms with E-state index in [1.165, 1.54) is 22.0 Å². The van der Waals surface area contributed by atoms with Gasteiger partial charge in [0.15, 0.2) is 0 Å². The van der Waals surface area contributed by atoms with Crippen LogP contribution >= 0.6 is 0 Å². The van der Waals surface area contributed by atoms with Crippen LogP contribution in [0.5, 0.6) is 0 Å². The van der Waals surface area contributed by atoms with E-state index in [0.29, 0.717) is 5.92 Å². The molecule has 0 radical (unpaired) electrons.